The standard InChI is InChI=1S/C32H53NO6/c1-7-26(34)23(4)31-27(38-31)15-10-8-9-12-21(2)30-22(3)16-17-28(37-25-13-11-14-25)32(5,36)19-18-24(33-6)20-29(35)39-30/h8-9,12,16-17,22-28,30-31,33-34,36H,7,10-11,13-15,18-20H2,1-6H3/b9-8+,17-16+,21-12+. The maximum Gasteiger partial charge on any atom is 0.307 e. The molecule has 3 rings (SSSR count). The van der Waals surface area contributed by atoms with Crippen molar-refractivity contribution in [3.8, 4) is 0 Å². The third-order valence-corrected chi connectivity index (χ3v) is 8.88. The first kappa shape index (κ1) is 32.0. The van der Waals surface area contributed by atoms with E-state index in [0.29, 0.717) is 12.8 Å². The van der Waals surface area contributed by atoms with Crippen LogP contribution in [0.5, 0.6) is 0 Å². The van der Waals surface area contributed by atoms with E-state index in [-0.39, 0.29) is 54.7 Å². The van der Waals surface area contributed by atoms with Gasteiger partial charge in [-0.1, -0.05) is 51.2 Å². The summed E-state index contributed by atoms with van der Waals surface area (Å²) in [7, 11) is 1.85. The van der Waals surface area contributed by atoms with Gasteiger partial charge in [-0.05, 0) is 77.8 Å². The van der Waals surface area contributed by atoms with E-state index in [4.69, 9.17) is 14.2 Å². The Kier molecular flexibility index (Phi) is 12.3. The van der Waals surface area contributed by atoms with Crippen molar-refractivity contribution in [1.82, 2.24) is 5.32 Å². The van der Waals surface area contributed by atoms with Crippen LogP contribution >= 0.6 is 0 Å². The normalized spacial score (nSPS) is 37.3. The summed E-state index contributed by atoms with van der Waals surface area (Å²) in [5.41, 5.74) is -0.0533. The number of ether oxygens (including phenoxy) is 3. The van der Waals surface area contributed by atoms with Gasteiger partial charge in [-0.2, -0.15) is 0 Å². The molecule has 9 unspecified atom stereocenters. The third kappa shape index (κ3) is 9.53. The topological polar surface area (TPSA) is 101 Å². The minimum Gasteiger partial charge on any atom is -0.457 e. The van der Waals surface area contributed by atoms with E-state index in [1.54, 1.807) is 0 Å². The molecule has 0 aromatic carbocycles. The van der Waals surface area contributed by atoms with Gasteiger partial charge in [-0.15, -0.1) is 0 Å². The summed E-state index contributed by atoms with van der Waals surface area (Å²) in [6, 6.07) is -0.0773. The molecule has 7 heteroatoms. The molecular formula is C32H53NO6. The number of cyclic esters (lactones) is 1. The van der Waals surface area contributed by atoms with E-state index in [1.165, 1.54) is 6.42 Å². The Bertz CT molecular complexity index is 863. The Morgan fingerprint density at radius 3 is 2.69 bits per heavy atom. The predicted molar refractivity (Wildman–Crippen MR) is 154 cm³/mol. The highest BCUT2D eigenvalue weighted by Gasteiger charge is 2.44. The quantitative estimate of drug-likeness (QED) is 0.145. The summed E-state index contributed by atoms with van der Waals surface area (Å²) in [5.74, 6) is -0.151. The lowest BCUT2D eigenvalue weighted by molar-refractivity contribution is -0.150. The Balaban J connectivity index is 1.66. The molecule has 3 N–H and O–H groups in total. The molecule has 222 valence electrons. The lowest BCUT2D eigenvalue weighted by atomic mass is 9.87. The van der Waals surface area contributed by atoms with Crippen molar-refractivity contribution in [3.63, 3.8) is 0 Å². The molecule has 2 fully saturated rings. The van der Waals surface area contributed by atoms with Crippen LogP contribution in [-0.2, 0) is 19.0 Å². The second-order valence-corrected chi connectivity index (χ2v) is 12.2. The second kappa shape index (κ2) is 14.9. The molecule has 0 radical (unpaired) electrons. The van der Waals surface area contributed by atoms with E-state index in [1.807, 2.05) is 59.0 Å². The average molecular weight is 548 g/mol. The summed E-state index contributed by atoms with van der Waals surface area (Å²) in [6.07, 6.45) is 16.9. The van der Waals surface area contributed by atoms with Gasteiger partial charge in [0.2, 0.25) is 0 Å². The van der Waals surface area contributed by atoms with Crippen LogP contribution in [0.25, 0.3) is 0 Å². The molecule has 2 aliphatic heterocycles. The largest absolute Gasteiger partial charge is 0.457 e. The molecule has 1 saturated heterocycles. The van der Waals surface area contributed by atoms with Gasteiger partial charge in [0.25, 0.3) is 0 Å². The van der Waals surface area contributed by atoms with Gasteiger partial charge in [-0.3, -0.25) is 4.79 Å². The van der Waals surface area contributed by atoms with Crippen molar-refractivity contribution in [2.45, 2.75) is 141 Å². The Hall–Kier alpha value is -1.51. The first-order chi connectivity index (χ1) is 18.6. The van der Waals surface area contributed by atoms with Crippen LogP contribution in [0.15, 0.2) is 36.0 Å². The van der Waals surface area contributed by atoms with Gasteiger partial charge < -0.3 is 29.7 Å². The molecule has 2 heterocycles. The Morgan fingerprint density at radius 2 is 2.05 bits per heavy atom. The molecule has 0 aromatic heterocycles. The molecule has 1 saturated carbocycles. The lowest BCUT2D eigenvalue weighted by Gasteiger charge is -2.38. The fraction of sp³-hybridized carbons (Fsp3) is 0.781. The highest BCUT2D eigenvalue weighted by molar-refractivity contribution is 5.70. The van der Waals surface area contributed by atoms with Crippen LogP contribution in [0.3, 0.4) is 0 Å². The average Bonchev–Trinajstić information content (AvgIpc) is 3.65. The van der Waals surface area contributed by atoms with Crippen LogP contribution in [0.2, 0.25) is 0 Å². The molecule has 0 bridgehead atoms. The van der Waals surface area contributed by atoms with Crippen LogP contribution in [0.4, 0.5) is 0 Å². The number of rotatable bonds is 11. The smallest absolute Gasteiger partial charge is 0.307 e. The molecule has 1 aliphatic carbocycles. The van der Waals surface area contributed by atoms with Gasteiger partial charge in [0.15, 0.2) is 0 Å². The summed E-state index contributed by atoms with van der Waals surface area (Å²) >= 11 is 0. The van der Waals surface area contributed by atoms with Crippen molar-refractivity contribution >= 4 is 5.97 Å². The highest BCUT2D eigenvalue weighted by Crippen LogP contribution is 2.35. The zero-order valence-electron chi connectivity index (χ0n) is 25.0. The van der Waals surface area contributed by atoms with E-state index in [9.17, 15) is 15.0 Å². The van der Waals surface area contributed by atoms with E-state index < -0.39 is 17.8 Å². The Morgan fingerprint density at radius 1 is 1.31 bits per heavy atom. The van der Waals surface area contributed by atoms with Crippen LogP contribution in [0.1, 0.15) is 92.4 Å². The van der Waals surface area contributed by atoms with Crippen molar-refractivity contribution in [2.24, 2.45) is 11.8 Å². The van der Waals surface area contributed by atoms with Crippen molar-refractivity contribution in [3.05, 3.63) is 36.0 Å². The van der Waals surface area contributed by atoms with E-state index in [0.717, 1.165) is 37.7 Å². The zero-order valence-corrected chi connectivity index (χ0v) is 25.0. The lowest BCUT2D eigenvalue weighted by Crippen LogP contribution is -2.45. The van der Waals surface area contributed by atoms with Crippen LogP contribution in [0, 0.1) is 11.8 Å². The molecule has 0 spiro atoms. The van der Waals surface area contributed by atoms with Gasteiger partial charge in [0, 0.05) is 17.9 Å². The zero-order chi connectivity index (χ0) is 28.6. The van der Waals surface area contributed by atoms with Crippen molar-refractivity contribution < 1.29 is 29.2 Å². The molecular weight excluding hydrogens is 494 g/mol. The third-order valence-electron chi connectivity index (χ3n) is 8.88. The number of carbonyl (C=O) groups is 1. The number of hydrogen-bond acceptors (Lipinski definition) is 7. The number of epoxide rings is 1. The van der Waals surface area contributed by atoms with Crippen LogP contribution in [-0.4, -0.2) is 71.5 Å². The first-order valence-electron chi connectivity index (χ1n) is 15.1. The molecule has 0 amide bonds. The van der Waals surface area contributed by atoms with Gasteiger partial charge >= 0.3 is 5.97 Å². The number of esters is 1. The van der Waals surface area contributed by atoms with E-state index in [2.05, 4.69) is 18.3 Å². The van der Waals surface area contributed by atoms with Gasteiger partial charge in [0.1, 0.15) is 12.2 Å². The first-order valence-corrected chi connectivity index (χ1v) is 15.1. The summed E-state index contributed by atoms with van der Waals surface area (Å²) in [6.45, 7) is 9.94. The fourth-order valence-electron chi connectivity index (χ4n) is 5.57. The van der Waals surface area contributed by atoms with Crippen LogP contribution < -0.4 is 5.32 Å². The molecule has 0 aromatic rings. The van der Waals surface area contributed by atoms with Gasteiger partial charge in [0.05, 0.1) is 36.4 Å². The van der Waals surface area contributed by atoms with Gasteiger partial charge in [-0.25, -0.2) is 0 Å². The predicted octanol–water partition coefficient (Wildman–Crippen LogP) is 5.01. The fourth-order valence-corrected chi connectivity index (χ4v) is 5.57. The number of carbonyl (C=O) groups excluding carboxylic acids is 1. The number of hydrogen-bond donors (Lipinski definition) is 3. The maximum absolute atomic E-state index is 12.9. The van der Waals surface area contributed by atoms with Crippen molar-refractivity contribution in [2.75, 3.05) is 7.05 Å². The second-order valence-electron chi connectivity index (χ2n) is 12.2. The highest BCUT2D eigenvalue weighted by atomic mass is 16.6. The minimum atomic E-state index is -1.02. The molecule has 7 nitrogen and oxygen atoms in total. The maximum atomic E-state index is 12.9. The molecule has 9 atom stereocenters. The molecule has 39 heavy (non-hydrogen) atoms. The minimum absolute atomic E-state index is 0.0773. The molecule has 3 aliphatic rings. The number of aliphatic hydroxyl groups excluding tert-OH is 1. The summed E-state index contributed by atoms with van der Waals surface area (Å²) in [5, 5.41) is 24.6. The SMILES string of the molecule is CCC(O)C(C)C1OC1CC/C=C/C=C(\C)C1OC(=O)CC(NC)CCC(C)(O)C(OC2CCC2)/C=C/C1C. The number of nitrogens with one attached hydrogen (secondary N) is 1. The number of aliphatic hydroxyl groups is 2. The summed E-state index contributed by atoms with van der Waals surface area (Å²) in [4.78, 5) is 12.9. The summed E-state index contributed by atoms with van der Waals surface area (Å²) < 4.78 is 18.1. The monoisotopic (exact) mass is 547 g/mol. The number of allylic oxidation sites excluding steroid dienone is 3. The Labute approximate surface area is 236 Å². The van der Waals surface area contributed by atoms with Crippen molar-refractivity contribution in [1.29, 1.82) is 0 Å². The van der Waals surface area contributed by atoms with E-state index >= 15 is 0 Å².